The minimum atomic E-state index is 0.165. The zero-order valence-electron chi connectivity index (χ0n) is 13.0. The summed E-state index contributed by atoms with van der Waals surface area (Å²) in [6.07, 6.45) is 4.92. The van der Waals surface area contributed by atoms with Crippen molar-refractivity contribution in [3.05, 3.63) is 27.7 Å². The molecule has 1 aromatic carbocycles. The third-order valence-electron chi connectivity index (χ3n) is 4.27. The fourth-order valence-electron chi connectivity index (χ4n) is 2.83. The van der Waals surface area contributed by atoms with Crippen LogP contribution in [0.25, 0.3) is 0 Å². The van der Waals surface area contributed by atoms with E-state index in [2.05, 4.69) is 54.2 Å². The molecule has 2 unspecified atom stereocenters. The number of carbonyl (C=O) groups is 1. The molecule has 1 N–H and O–H groups in total. The average molecular weight is 370 g/mol. The zero-order valence-corrected chi connectivity index (χ0v) is 15.4. The zero-order chi connectivity index (χ0) is 15.4. The highest BCUT2D eigenvalue weighted by molar-refractivity contribution is 9.10. The summed E-state index contributed by atoms with van der Waals surface area (Å²) in [5.41, 5.74) is 2.43. The van der Waals surface area contributed by atoms with Gasteiger partial charge in [-0.25, -0.2) is 0 Å². The highest BCUT2D eigenvalue weighted by Gasteiger charge is 2.22. The van der Waals surface area contributed by atoms with Crippen LogP contribution >= 0.6 is 27.7 Å². The third kappa shape index (κ3) is 4.75. The molecule has 0 heterocycles. The molecule has 0 saturated heterocycles. The van der Waals surface area contributed by atoms with Crippen molar-refractivity contribution in [2.75, 3.05) is 5.75 Å². The fourth-order valence-corrected chi connectivity index (χ4v) is 4.21. The highest BCUT2D eigenvalue weighted by Crippen LogP contribution is 2.28. The van der Waals surface area contributed by atoms with Gasteiger partial charge >= 0.3 is 0 Å². The molecule has 0 aromatic heterocycles. The summed E-state index contributed by atoms with van der Waals surface area (Å²) in [6, 6.07) is 4.65. The number of thioether (sulfide) groups is 1. The number of nitrogens with one attached hydrogen (secondary N) is 1. The normalized spacial score (nSPS) is 22.1. The van der Waals surface area contributed by atoms with Gasteiger partial charge in [0.25, 0.3) is 0 Å². The standard InChI is InChI=1S/C17H24BrNOS/c1-11-6-4-5-7-15(11)19-17(20)10-21-16-9-12(2)14(18)8-13(16)3/h8-9,11,15H,4-7,10H2,1-3H3,(H,19,20). The molecule has 116 valence electrons. The van der Waals surface area contributed by atoms with Crippen molar-refractivity contribution in [1.29, 1.82) is 0 Å². The number of hydrogen-bond acceptors (Lipinski definition) is 2. The van der Waals surface area contributed by atoms with Crippen LogP contribution in [0.5, 0.6) is 0 Å². The van der Waals surface area contributed by atoms with Gasteiger partial charge in [0.15, 0.2) is 0 Å². The number of hydrogen-bond donors (Lipinski definition) is 1. The molecule has 1 aliphatic carbocycles. The molecule has 21 heavy (non-hydrogen) atoms. The first-order chi connectivity index (χ1) is 9.97. The number of amides is 1. The Morgan fingerprint density at radius 1 is 1.29 bits per heavy atom. The van der Waals surface area contributed by atoms with E-state index < -0.39 is 0 Å². The van der Waals surface area contributed by atoms with Gasteiger partial charge in [0, 0.05) is 15.4 Å². The molecule has 2 nitrogen and oxygen atoms in total. The molecule has 1 saturated carbocycles. The molecule has 0 bridgehead atoms. The lowest BCUT2D eigenvalue weighted by Crippen LogP contribution is -2.41. The van der Waals surface area contributed by atoms with Crippen LogP contribution in [0.15, 0.2) is 21.5 Å². The summed E-state index contributed by atoms with van der Waals surface area (Å²) in [5.74, 6) is 1.29. The first kappa shape index (κ1) is 16.9. The van der Waals surface area contributed by atoms with Crippen LogP contribution in [0.3, 0.4) is 0 Å². The summed E-state index contributed by atoms with van der Waals surface area (Å²) in [4.78, 5) is 13.3. The molecule has 1 aromatic rings. The fraction of sp³-hybridized carbons (Fsp3) is 0.588. The molecular formula is C17H24BrNOS. The van der Waals surface area contributed by atoms with Crippen molar-refractivity contribution in [3.8, 4) is 0 Å². The van der Waals surface area contributed by atoms with Gasteiger partial charge in [0.2, 0.25) is 5.91 Å². The number of halogens is 1. The van der Waals surface area contributed by atoms with Gasteiger partial charge in [-0.05, 0) is 55.9 Å². The van der Waals surface area contributed by atoms with Crippen LogP contribution in [0, 0.1) is 19.8 Å². The Bertz CT molecular complexity index is 518. The van der Waals surface area contributed by atoms with Gasteiger partial charge < -0.3 is 5.32 Å². The largest absolute Gasteiger partial charge is 0.352 e. The van der Waals surface area contributed by atoms with Gasteiger partial charge in [-0.2, -0.15) is 0 Å². The smallest absolute Gasteiger partial charge is 0.230 e. The summed E-state index contributed by atoms with van der Waals surface area (Å²) in [6.45, 7) is 6.42. The van der Waals surface area contributed by atoms with Crippen LogP contribution in [-0.2, 0) is 4.79 Å². The topological polar surface area (TPSA) is 29.1 Å². The second-order valence-corrected chi connectivity index (χ2v) is 7.96. The molecular weight excluding hydrogens is 346 g/mol. The molecule has 0 radical (unpaired) electrons. The van der Waals surface area contributed by atoms with Gasteiger partial charge in [0.05, 0.1) is 5.75 Å². The minimum absolute atomic E-state index is 0.165. The predicted molar refractivity (Wildman–Crippen MR) is 93.9 cm³/mol. The van der Waals surface area contributed by atoms with E-state index in [-0.39, 0.29) is 5.91 Å². The summed E-state index contributed by atoms with van der Waals surface area (Å²) < 4.78 is 1.13. The van der Waals surface area contributed by atoms with Crippen LogP contribution < -0.4 is 5.32 Å². The Balaban J connectivity index is 1.88. The van der Waals surface area contributed by atoms with E-state index in [1.54, 1.807) is 11.8 Å². The van der Waals surface area contributed by atoms with Gasteiger partial charge in [0.1, 0.15) is 0 Å². The second kappa shape index (κ2) is 7.68. The van der Waals surface area contributed by atoms with Crippen molar-refractivity contribution in [1.82, 2.24) is 5.32 Å². The third-order valence-corrected chi connectivity index (χ3v) is 6.28. The number of aryl methyl sites for hydroxylation is 2. The monoisotopic (exact) mass is 369 g/mol. The van der Waals surface area contributed by atoms with E-state index in [9.17, 15) is 4.79 Å². The number of rotatable bonds is 4. The Hall–Kier alpha value is -0.480. The van der Waals surface area contributed by atoms with Crippen LogP contribution in [0.2, 0.25) is 0 Å². The second-order valence-electron chi connectivity index (χ2n) is 6.09. The molecule has 2 rings (SSSR count). The SMILES string of the molecule is Cc1cc(SCC(=O)NC2CCCCC2C)c(C)cc1Br. The van der Waals surface area contributed by atoms with E-state index in [0.717, 1.165) is 10.9 Å². The Morgan fingerprint density at radius 2 is 2.00 bits per heavy atom. The van der Waals surface area contributed by atoms with E-state index in [0.29, 0.717) is 17.7 Å². The van der Waals surface area contributed by atoms with Crippen LogP contribution in [0.4, 0.5) is 0 Å². The molecule has 1 fully saturated rings. The lowest BCUT2D eigenvalue weighted by atomic mass is 9.86. The van der Waals surface area contributed by atoms with Crippen molar-refractivity contribution in [2.45, 2.75) is 57.4 Å². The minimum Gasteiger partial charge on any atom is -0.352 e. The Labute approximate surface area is 140 Å². The van der Waals surface area contributed by atoms with Crippen molar-refractivity contribution < 1.29 is 4.79 Å². The maximum absolute atomic E-state index is 12.2. The molecule has 0 spiro atoms. The van der Waals surface area contributed by atoms with E-state index >= 15 is 0 Å². The first-order valence-corrected chi connectivity index (χ1v) is 9.44. The molecule has 1 aliphatic rings. The maximum atomic E-state index is 12.2. The van der Waals surface area contributed by atoms with Crippen molar-refractivity contribution in [3.63, 3.8) is 0 Å². The van der Waals surface area contributed by atoms with Gasteiger partial charge in [-0.1, -0.05) is 35.7 Å². The number of benzene rings is 1. The van der Waals surface area contributed by atoms with Crippen LogP contribution in [0.1, 0.15) is 43.7 Å². The summed E-state index contributed by atoms with van der Waals surface area (Å²) >= 11 is 5.18. The number of carbonyl (C=O) groups excluding carboxylic acids is 1. The van der Waals surface area contributed by atoms with E-state index in [1.807, 2.05) is 0 Å². The molecule has 2 atom stereocenters. The van der Waals surface area contributed by atoms with Gasteiger partial charge in [-0.3, -0.25) is 4.79 Å². The van der Waals surface area contributed by atoms with E-state index in [4.69, 9.17) is 0 Å². The van der Waals surface area contributed by atoms with Gasteiger partial charge in [-0.15, -0.1) is 11.8 Å². The Morgan fingerprint density at radius 3 is 2.71 bits per heavy atom. The lowest BCUT2D eigenvalue weighted by Gasteiger charge is -2.29. The lowest BCUT2D eigenvalue weighted by molar-refractivity contribution is -0.119. The van der Waals surface area contributed by atoms with Crippen molar-refractivity contribution >= 4 is 33.6 Å². The summed E-state index contributed by atoms with van der Waals surface area (Å²) in [5, 5.41) is 3.22. The molecule has 0 aliphatic heterocycles. The molecule has 1 amide bonds. The van der Waals surface area contributed by atoms with E-state index in [1.165, 1.54) is 35.3 Å². The average Bonchev–Trinajstić information content (AvgIpc) is 2.44. The quantitative estimate of drug-likeness (QED) is 0.768. The highest BCUT2D eigenvalue weighted by atomic mass is 79.9. The van der Waals surface area contributed by atoms with Crippen LogP contribution in [-0.4, -0.2) is 17.7 Å². The summed E-state index contributed by atoms with van der Waals surface area (Å²) in [7, 11) is 0. The Kier molecular flexibility index (Phi) is 6.18. The van der Waals surface area contributed by atoms with Crippen molar-refractivity contribution in [2.24, 2.45) is 5.92 Å². The molecule has 4 heteroatoms. The first-order valence-electron chi connectivity index (χ1n) is 7.66. The maximum Gasteiger partial charge on any atom is 0.230 e. The predicted octanol–water partition coefficient (Wildman–Crippen LogP) is 4.85.